The maximum absolute atomic E-state index is 12.7. The molecule has 0 fully saturated rings. The fourth-order valence-corrected chi connectivity index (χ4v) is 4.11. The van der Waals surface area contributed by atoms with Crippen LogP contribution in [0.25, 0.3) is 22.7 Å². The third kappa shape index (κ3) is 3.54. The molecule has 0 radical (unpaired) electrons. The van der Waals surface area contributed by atoms with E-state index in [1.54, 1.807) is 60.8 Å². The Labute approximate surface area is 156 Å². The normalized spacial score (nSPS) is 11.6. The van der Waals surface area contributed by atoms with Gasteiger partial charge in [-0.3, -0.25) is 0 Å². The zero-order valence-electron chi connectivity index (χ0n) is 14.5. The first-order chi connectivity index (χ1) is 13.0. The van der Waals surface area contributed by atoms with E-state index >= 15 is 0 Å². The second kappa shape index (κ2) is 6.85. The topological polar surface area (TPSA) is 82.3 Å². The first-order valence-corrected chi connectivity index (χ1v) is 9.88. The Morgan fingerprint density at radius 2 is 1.85 bits per heavy atom. The van der Waals surface area contributed by atoms with Gasteiger partial charge in [-0.05, 0) is 54.1 Å². The number of methoxy groups -OCH3 is 1. The Morgan fingerprint density at radius 3 is 2.59 bits per heavy atom. The van der Waals surface area contributed by atoms with Crippen LogP contribution in [0.15, 0.2) is 76.2 Å². The van der Waals surface area contributed by atoms with Gasteiger partial charge in [-0.1, -0.05) is 12.1 Å². The van der Waals surface area contributed by atoms with Crippen LogP contribution in [-0.4, -0.2) is 25.5 Å². The molecule has 0 aliphatic rings. The average molecular weight is 380 g/mol. The monoisotopic (exact) mass is 380 g/mol. The minimum atomic E-state index is -3.48. The van der Waals surface area contributed by atoms with Crippen molar-refractivity contribution in [1.82, 2.24) is 9.97 Å². The standard InChI is InChI=1S/C20H16N2O4S/c1-25-16-7-9-17(10-8-16)27(23,24)13-14-4-2-5-15(12-14)20-22-19-18(26-20)6-3-11-21-19/h2-12H,13H2,1H3. The minimum Gasteiger partial charge on any atom is -0.497 e. The number of aromatic nitrogens is 2. The third-order valence-corrected chi connectivity index (χ3v) is 5.82. The van der Waals surface area contributed by atoms with Crippen molar-refractivity contribution in [2.45, 2.75) is 10.6 Å². The number of oxazole rings is 1. The number of rotatable bonds is 5. The van der Waals surface area contributed by atoms with Crippen LogP contribution in [0.1, 0.15) is 5.56 Å². The summed E-state index contributed by atoms with van der Waals surface area (Å²) in [5, 5.41) is 0. The molecule has 4 aromatic rings. The van der Waals surface area contributed by atoms with Crippen LogP contribution in [0.3, 0.4) is 0 Å². The molecular formula is C20H16N2O4S. The molecule has 2 heterocycles. The number of fused-ring (bicyclic) bond motifs is 1. The molecule has 4 rings (SSSR count). The van der Waals surface area contributed by atoms with Gasteiger partial charge < -0.3 is 9.15 Å². The molecule has 6 nitrogen and oxygen atoms in total. The van der Waals surface area contributed by atoms with Crippen molar-refractivity contribution in [2.24, 2.45) is 0 Å². The van der Waals surface area contributed by atoms with E-state index in [9.17, 15) is 8.42 Å². The number of ether oxygens (including phenoxy) is 1. The second-order valence-electron chi connectivity index (χ2n) is 5.98. The van der Waals surface area contributed by atoms with Gasteiger partial charge in [0.05, 0.1) is 17.8 Å². The summed E-state index contributed by atoms with van der Waals surface area (Å²) in [7, 11) is -1.94. The lowest BCUT2D eigenvalue weighted by atomic mass is 10.1. The van der Waals surface area contributed by atoms with E-state index in [1.165, 1.54) is 7.11 Å². The molecule has 0 bridgehead atoms. The minimum absolute atomic E-state index is 0.119. The fourth-order valence-electron chi connectivity index (χ4n) is 2.77. The zero-order valence-corrected chi connectivity index (χ0v) is 15.3. The molecule has 0 N–H and O–H groups in total. The first-order valence-electron chi connectivity index (χ1n) is 8.23. The van der Waals surface area contributed by atoms with Crippen molar-refractivity contribution < 1.29 is 17.6 Å². The summed E-state index contributed by atoms with van der Waals surface area (Å²) >= 11 is 0. The van der Waals surface area contributed by atoms with Crippen LogP contribution in [0.5, 0.6) is 5.75 Å². The largest absolute Gasteiger partial charge is 0.497 e. The van der Waals surface area contributed by atoms with Crippen LogP contribution in [0.2, 0.25) is 0 Å². The quantitative estimate of drug-likeness (QED) is 0.523. The summed E-state index contributed by atoms with van der Waals surface area (Å²) in [6.07, 6.45) is 1.65. The van der Waals surface area contributed by atoms with E-state index in [0.29, 0.717) is 34.0 Å². The number of pyridine rings is 1. The van der Waals surface area contributed by atoms with Gasteiger partial charge in [0.25, 0.3) is 0 Å². The number of nitrogens with zero attached hydrogens (tertiary/aromatic N) is 2. The molecule has 0 unspecified atom stereocenters. The highest BCUT2D eigenvalue weighted by Gasteiger charge is 2.17. The molecule has 136 valence electrons. The SMILES string of the molecule is COc1ccc(S(=O)(=O)Cc2cccc(-c3nc4ncccc4o3)c2)cc1. The van der Waals surface area contributed by atoms with Crippen LogP contribution in [-0.2, 0) is 15.6 Å². The van der Waals surface area contributed by atoms with Crippen molar-refractivity contribution in [3.63, 3.8) is 0 Å². The van der Waals surface area contributed by atoms with Crippen LogP contribution in [0, 0.1) is 0 Å². The third-order valence-electron chi connectivity index (χ3n) is 4.11. The Hall–Kier alpha value is -3.19. The molecule has 0 aliphatic carbocycles. The molecule has 0 amide bonds. The molecule has 2 aromatic carbocycles. The predicted octanol–water partition coefficient (Wildman–Crippen LogP) is 3.87. The number of hydrogen-bond donors (Lipinski definition) is 0. The first kappa shape index (κ1) is 17.2. The van der Waals surface area contributed by atoms with Crippen LogP contribution in [0.4, 0.5) is 0 Å². The average Bonchev–Trinajstić information content (AvgIpc) is 3.12. The maximum atomic E-state index is 12.7. The van der Waals surface area contributed by atoms with Gasteiger partial charge in [-0.25, -0.2) is 13.4 Å². The molecule has 7 heteroatoms. The summed E-state index contributed by atoms with van der Waals surface area (Å²) in [6.45, 7) is 0. The number of hydrogen-bond acceptors (Lipinski definition) is 6. The Balaban J connectivity index is 1.63. The zero-order chi connectivity index (χ0) is 18.9. The highest BCUT2D eigenvalue weighted by molar-refractivity contribution is 7.90. The van der Waals surface area contributed by atoms with Crippen molar-refractivity contribution in [1.29, 1.82) is 0 Å². The van der Waals surface area contributed by atoms with Gasteiger partial charge in [-0.2, -0.15) is 4.98 Å². The Morgan fingerprint density at radius 1 is 1.04 bits per heavy atom. The molecule has 0 saturated carbocycles. The second-order valence-corrected chi connectivity index (χ2v) is 7.97. The van der Waals surface area contributed by atoms with Crippen molar-refractivity contribution in [3.05, 3.63) is 72.4 Å². The highest BCUT2D eigenvalue weighted by Crippen LogP contribution is 2.25. The summed E-state index contributed by atoms with van der Waals surface area (Å²) in [4.78, 5) is 8.76. The predicted molar refractivity (Wildman–Crippen MR) is 101 cm³/mol. The lowest BCUT2D eigenvalue weighted by molar-refractivity contribution is 0.414. The molecular weight excluding hydrogens is 364 g/mol. The van der Waals surface area contributed by atoms with E-state index in [-0.39, 0.29) is 10.6 Å². The van der Waals surface area contributed by atoms with Crippen molar-refractivity contribution >= 4 is 21.1 Å². The Kier molecular flexibility index (Phi) is 4.37. The van der Waals surface area contributed by atoms with Gasteiger partial charge in [0.15, 0.2) is 21.1 Å². The van der Waals surface area contributed by atoms with Gasteiger partial charge in [0, 0.05) is 11.8 Å². The molecule has 0 aliphatic heterocycles. The van der Waals surface area contributed by atoms with Gasteiger partial charge in [-0.15, -0.1) is 0 Å². The molecule has 0 atom stereocenters. The number of sulfone groups is 1. The van der Waals surface area contributed by atoms with Gasteiger partial charge in [0.1, 0.15) is 5.75 Å². The maximum Gasteiger partial charge on any atom is 0.228 e. The lowest BCUT2D eigenvalue weighted by Gasteiger charge is -2.07. The summed E-state index contributed by atoms with van der Waals surface area (Å²) in [5.74, 6) is 0.902. The van der Waals surface area contributed by atoms with Gasteiger partial charge >= 0.3 is 0 Å². The van der Waals surface area contributed by atoms with E-state index in [0.717, 1.165) is 0 Å². The molecule has 2 aromatic heterocycles. The molecule has 0 spiro atoms. The Bertz CT molecular complexity index is 1170. The summed E-state index contributed by atoms with van der Waals surface area (Å²) in [5.41, 5.74) is 2.46. The van der Waals surface area contributed by atoms with Gasteiger partial charge in [0.2, 0.25) is 5.89 Å². The van der Waals surface area contributed by atoms with Crippen molar-refractivity contribution in [2.75, 3.05) is 7.11 Å². The van der Waals surface area contributed by atoms with Crippen LogP contribution < -0.4 is 4.74 Å². The van der Waals surface area contributed by atoms with Crippen LogP contribution >= 0.6 is 0 Å². The van der Waals surface area contributed by atoms with E-state index < -0.39 is 9.84 Å². The lowest BCUT2D eigenvalue weighted by Crippen LogP contribution is -2.05. The fraction of sp³-hybridized carbons (Fsp3) is 0.100. The van der Waals surface area contributed by atoms with E-state index in [2.05, 4.69) is 9.97 Å². The smallest absolute Gasteiger partial charge is 0.228 e. The van der Waals surface area contributed by atoms with E-state index in [4.69, 9.17) is 9.15 Å². The summed E-state index contributed by atoms with van der Waals surface area (Å²) in [6, 6.07) is 17.1. The summed E-state index contributed by atoms with van der Waals surface area (Å²) < 4.78 is 36.2. The number of benzene rings is 2. The van der Waals surface area contributed by atoms with Crippen molar-refractivity contribution in [3.8, 4) is 17.2 Å². The molecule has 27 heavy (non-hydrogen) atoms. The molecule has 0 saturated heterocycles. The highest BCUT2D eigenvalue weighted by atomic mass is 32.2. The van der Waals surface area contributed by atoms with E-state index in [1.807, 2.05) is 6.07 Å².